The highest BCUT2D eigenvalue weighted by atomic mass is 35.5. The molecule has 3 heterocycles. The Kier molecular flexibility index (Phi) is 6.30. The fraction of sp³-hybridized carbons (Fsp3) is 0.233. The first-order valence-electron chi connectivity index (χ1n) is 12.2. The van der Waals surface area contributed by atoms with Crippen molar-refractivity contribution in [3.05, 3.63) is 123 Å². The summed E-state index contributed by atoms with van der Waals surface area (Å²) < 4.78 is 20.4. The minimum atomic E-state index is -0.318. The summed E-state index contributed by atoms with van der Waals surface area (Å²) >= 11 is 12.6. The van der Waals surface area contributed by atoms with E-state index in [4.69, 9.17) is 27.9 Å². The standard InChI is InChI=1S/C30H25Cl2FN2O/c31-23-14-22(15-24(32)17-23)29-27-6-1-2-7-28(27)30(36-29)10-12-35(13-11-30)19-26-9-8-21(18-34-26)20-4-3-5-25(33)16-20/h1-9,14-18,29H,10-13,19H2. The molecule has 0 saturated carbocycles. The molecule has 0 bridgehead atoms. The van der Waals surface area contributed by atoms with Crippen LogP contribution in [-0.2, 0) is 16.9 Å². The number of nitrogens with zero attached hydrogens (tertiary/aromatic N) is 2. The quantitative estimate of drug-likeness (QED) is 0.275. The lowest BCUT2D eigenvalue weighted by atomic mass is 9.83. The van der Waals surface area contributed by atoms with Crippen molar-refractivity contribution in [2.24, 2.45) is 0 Å². The minimum Gasteiger partial charge on any atom is -0.358 e. The first-order valence-corrected chi connectivity index (χ1v) is 12.9. The van der Waals surface area contributed by atoms with Gasteiger partial charge in [0.15, 0.2) is 0 Å². The summed E-state index contributed by atoms with van der Waals surface area (Å²) in [5, 5.41) is 1.23. The van der Waals surface area contributed by atoms with Crippen LogP contribution in [0.5, 0.6) is 0 Å². The molecule has 1 atom stereocenters. The molecule has 182 valence electrons. The van der Waals surface area contributed by atoms with Crippen molar-refractivity contribution < 1.29 is 9.13 Å². The van der Waals surface area contributed by atoms with Crippen LogP contribution in [-0.4, -0.2) is 23.0 Å². The van der Waals surface area contributed by atoms with Crippen molar-refractivity contribution in [2.45, 2.75) is 31.1 Å². The number of hydrogen-bond donors (Lipinski definition) is 0. The third kappa shape index (κ3) is 4.55. The van der Waals surface area contributed by atoms with E-state index in [2.05, 4.69) is 34.1 Å². The van der Waals surface area contributed by atoms with Gasteiger partial charge in [-0.2, -0.15) is 0 Å². The summed E-state index contributed by atoms with van der Waals surface area (Å²) in [4.78, 5) is 7.07. The first-order chi connectivity index (χ1) is 17.5. The minimum absolute atomic E-state index is 0.180. The maximum Gasteiger partial charge on any atom is 0.123 e. The summed E-state index contributed by atoms with van der Waals surface area (Å²) in [6.45, 7) is 2.59. The van der Waals surface area contributed by atoms with Gasteiger partial charge in [0.2, 0.25) is 0 Å². The maximum absolute atomic E-state index is 13.6. The fourth-order valence-electron chi connectivity index (χ4n) is 5.51. The summed E-state index contributed by atoms with van der Waals surface area (Å²) in [5.74, 6) is -0.241. The van der Waals surface area contributed by atoms with Crippen molar-refractivity contribution in [3.63, 3.8) is 0 Å². The van der Waals surface area contributed by atoms with Gasteiger partial charge in [-0.1, -0.05) is 65.7 Å². The van der Waals surface area contributed by atoms with Gasteiger partial charge in [-0.05, 0) is 71.5 Å². The molecular formula is C30H25Cl2FN2O. The third-order valence-electron chi connectivity index (χ3n) is 7.30. The number of benzene rings is 3. The van der Waals surface area contributed by atoms with Crippen LogP contribution in [0.3, 0.4) is 0 Å². The van der Waals surface area contributed by atoms with E-state index < -0.39 is 0 Å². The Bertz CT molecular complexity index is 1380. The Morgan fingerprint density at radius 2 is 1.67 bits per heavy atom. The molecule has 1 aromatic heterocycles. The van der Waals surface area contributed by atoms with Gasteiger partial charge < -0.3 is 4.74 Å². The summed E-state index contributed by atoms with van der Waals surface area (Å²) in [7, 11) is 0. The summed E-state index contributed by atoms with van der Waals surface area (Å²) in [6.07, 6.45) is 3.44. The van der Waals surface area contributed by atoms with E-state index in [-0.39, 0.29) is 17.5 Å². The van der Waals surface area contributed by atoms with E-state index in [1.807, 2.05) is 36.5 Å². The molecule has 0 radical (unpaired) electrons. The molecule has 36 heavy (non-hydrogen) atoms. The number of pyridine rings is 1. The molecule has 3 aromatic carbocycles. The zero-order valence-corrected chi connectivity index (χ0v) is 21.1. The van der Waals surface area contributed by atoms with Crippen molar-refractivity contribution in [1.29, 1.82) is 0 Å². The number of aromatic nitrogens is 1. The van der Waals surface area contributed by atoms with Gasteiger partial charge in [-0.3, -0.25) is 9.88 Å². The lowest BCUT2D eigenvalue weighted by Crippen LogP contribution is -2.42. The Labute approximate surface area is 220 Å². The molecule has 1 fully saturated rings. The van der Waals surface area contributed by atoms with Crippen molar-refractivity contribution >= 4 is 23.2 Å². The molecule has 4 aromatic rings. The first kappa shape index (κ1) is 23.6. The van der Waals surface area contributed by atoms with Gasteiger partial charge in [0.25, 0.3) is 0 Å². The Balaban J connectivity index is 1.17. The number of piperidine rings is 1. The number of ether oxygens (including phenoxy) is 1. The molecule has 6 rings (SSSR count). The molecule has 1 unspecified atom stereocenters. The monoisotopic (exact) mass is 518 g/mol. The molecule has 2 aliphatic heterocycles. The summed E-state index contributed by atoms with van der Waals surface area (Å²) in [6, 6.07) is 24.8. The third-order valence-corrected chi connectivity index (χ3v) is 7.73. The molecule has 6 heteroatoms. The van der Waals surface area contributed by atoms with Crippen LogP contribution in [0.25, 0.3) is 11.1 Å². The van der Waals surface area contributed by atoms with Gasteiger partial charge in [0, 0.05) is 41.4 Å². The highest BCUT2D eigenvalue weighted by Gasteiger charge is 2.47. The second-order valence-electron chi connectivity index (χ2n) is 9.61. The van der Waals surface area contributed by atoms with E-state index >= 15 is 0 Å². The van der Waals surface area contributed by atoms with Gasteiger partial charge in [0.1, 0.15) is 11.9 Å². The van der Waals surface area contributed by atoms with Crippen LogP contribution >= 0.6 is 23.2 Å². The normalized spacial score (nSPS) is 18.9. The molecule has 0 N–H and O–H groups in total. The fourth-order valence-corrected chi connectivity index (χ4v) is 6.06. The number of likely N-dealkylation sites (tertiary alicyclic amines) is 1. The van der Waals surface area contributed by atoms with Crippen molar-refractivity contribution in [2.75, 3.05) is 13.1 Å². The largest absolute Gasteiger partial charge is 0.358 e. The molecule has 3 nitrogen and oxygen atoms in total. The average molecular weight is 519 g/mol. The Morgan fingerprint density at radius 1 is 0.889 bits per heavy atom. The van der Waals surface area contributed by atoms with E-state index in [0.29, 0.717) is 10.0 Å². The average Bonchev–Trinajstić information content (AvgIpc) is 3.20. The maximum atomic E-state index is 13.6. The number of hydrogen-bond acceptors (Lipinski definition) is 3. The van der Waals surface area contributed by atoms with E-state index in [1.165, 1.54) is 23.3 Å². The topological polar surface area (TPSA) is 25.4 Å². The van der Waals surface area contributed by atoms with Gasteiger partial charge in [0.05, 0.1) is 11.3 Å². The SMILES string of the molecule is Fc1cccc(-c2ccc(CN3CCC4(CC3)OC(c3cc(Cl)cc(Cl)c3)c3ccccc34)nc2)c1. The molecule has 0 amide bonds. The smallest absolute Gasteiger partial charge is 0.123 e. The molecule has 2 aliphatic rings. The molecule has 1 spiro atoms. The second-order valence-corrected chi connectivity index (χ2v) is 10.5. The highest BCUT2D eigenvalue weighted by molar-refractivity contribution is 6.34. The van der Waals surface area contributed by atoms with E-state index in [0.717, 1.165) is 54.9 Å². The lowest BCUT2D eigenvalue weighted by molar-refractivity contribution is -0.0979. The van der Waals surface area contributed by atoms with Crippen LogP contribution in [0.15, 0.2) is 85.1 Å². The van der Waals surface area contributed by atoms with Crippen LogP contribution in [0.1, 0.15) is 41.3 Å². The van der Waals surface area contributed by atoms with Crippen LogP contribution in [0.4, 0.5) is 4.39 Å². The van der Waals surface area contributed by atoms with Crippen molar-refractivity contribution in [3.8, 4) is 11.1 Å². The Morgan fingerprint density at radius 3 is 2.39 bits per heavy atom. The lowest BCUT2D eigenvalue weighted by Gasteiger charge is -2.39. The zero-order chi connectivity index (χ0) is 24.7. The van der Waals surface area contributed by atoms with Crippen LogP contribution in [0, 0.1) is 5.82 Å². The number of rotatable bonds is 4. The van der Waals surface area contributed by atoms with Gasteiger partial charge >= 0.3 is 0 Å². The highest BCUT2D eigenvalue weighted by Crippen LogP contribution is 2.51. The predicted molar refractivity (Wildman–Crippen MR) is 142 cm³/mol. The summed E-state index contributed by atoms with van der Waals surface area (Å²) in [5.41, 5.74) is 5.89. The Hall–Kier alpha value is -2.76. The van der Waals surface area contributed by atoms with Crippen LogP contribution < -0.4 is 0 Å². The predicted octanol–water partition coefficient (Wildman–Crippen LogP) is 7.81. The molecular weight excluding hydrogens is 494 g/mol. The number of fused-ring (bicyclic) bond motifs is 2. The van der Waals surface area contributed by atoms with Gasteiger partial charge in [-0.25, -0.2) is 4.39 Å². The van der Waals surface area contributed by atoms with Gasteiger partial charge in [-0.15, -0.1) is 0 Å². The molecule has 1 saturated heterocycles. The molecule has 0 aliphatic carbocycles. The number of halogens is 3. The zero-order valence-electron chi connectivity index (χ0n) is 19.6. The van der Waals surface area contributed by atoms with Crippen molar-refractivity contribution in [1.82, 2.24) is 9.88 Å². The van der Waals surface area contributed by atoms with E-state index in [9.17, 15) is 4.39 Å². The van der Waals surface area contributed by atoms with Crippen LogP contribution in [0.2, 0.25) is 10.0 Å². The second kappa shape index (κ2) is 9.60. The van der Waals surface area contributed by atoms with E-state index in [1.54, 1.807) is 12.1 Å².